The number of rotatable bonds is 3. The Morgan fingerprint density at radius 1 is 1.24 bits per heavy atom. The Bertz CT molecular complexity index is 1550. The van der Waals surface area contributed by atoms with E-state index in [9.17, 15) is 31.9 Å². The Kier molecular flexibility index (Phi) is 6.69. The standard InChI is InChI=1S/C22H18FN3O5.C2HF3O2/c1-2-22(31-18(27)8-24)15-7-17-19-12(5-11-6-13(23)3-4-16(11)25-19)9-26(17)20(28)14(15)10-30-21(22)29;3-2(4,5)1(6)7/h3-7H,2,8-10,24H2,1H3;(H,6,7). The van der Waals surface area contributed by atoms with Gasteiger partial charge in [0.1, 0.15) is 12.4 Å². The van der Waals surface area contributed by atoms with Crippen LogP contribution in [0.4, 0.5) is 17.6 Å². The van der Waals surface area contributed by atoms with E-state index in [0.717, 1.165) is 5.56 Å². The molecule has 38 heavy (non-hydrogen) atoms. The van der Waals surface area contributed by atoms with Gasteiger partial charge in [-0.2, -0.15) is 13.2 Å². The minimum Gasteiger partial charge on any atom is -0.475 e. The molecule has 14 heteroatoms. The van der Waals surface area contributed by atoms with Gasteiger partial charge >= 0.3 is 24.1 Å². The van der Waals surface area contributed by atoms with Crippen LogP contribution in [0.1, 0.15) is 30.0 Å². The minimum atomic E-state index is -5.08. The van der Waals surface area contributed by atoms with Crippen LogP contribution >= 0.6 is 0 Å². The van der Waals surface area contributed by atoms with Crippen LogP contribution in [0, 0.1) is 5.82 Å². The summed E-state index contributed by atoms with van der Waals surface area (Å²) >= 11 is 0. The van der Waals surface area contributed by atoms with Crippen LogP contribution in [0.15, 0.2) is 35.1 Å². The smallest absolute Gasteiger partial charge is 0.475 e. The lowest BCUT2D eigenvalue weighted by Crippen LogP contribution is -2.48. The molecule has 0 radical (unpaired) electrons. The first-order valence-electron chi connectivity index (χ1n) is 11.1. The van der Waals surface area contributed by atoms with Crippen LogP contribution in [-0.2, 0) is 42.6 Å². The van der Waals surface area contributed by atoms with Crippen molar-refractivity contribution in [2.75, 3.05) is 6.54 Å². The highest BCUT2D eigenvalue weighted by Gasteiger charge is 2.50. The van der Waals surface area contributed by atoms with Gasteiger partial charge in [0, 0.05) is 16.5 Å². The molecule has 3 N–H and O–H groups in total. The van der Waals surface area contributed by atoms with Gasteiger partial charge in [0.2, 0.25) is 5.60 Å². The Hall–Kier alpha value is -4.33. The predicted octanol–water partition coefficient (Wildman–Crippen LogP) is 2.36. The average molecular weight is 537 g/mol. The Morgan fingerprint density at radius 2 is 1.92 bits per heavy atom. The third-order valence-electron chi connectivity index (χ3n) is 6.13. The van der Waals surface area contributed by atoms with E-state index in [4.69, 9.17) is 25.1 Å². The second-order valence-corrected chi connectivity index (χ2v) is 8.38. The molecule has 0 saturated heterocycles. The van der Waals surface area contributed by atoms with Crippen molar-refractivity contribution in [1.82, 2.24) is 9.55 Å². The molecule has 200 valence electrons. The molecule has 1 atom stereocenters. The molecule has 0 amide bonds. The summed E-state index contributed by atoms with van der Waals surface area (Å²) in [6, 6.07) is 7.75. The van der Waals surface area contributed by atoms with E-state index in [2.05, 4.69) is 4.98 Å². The second kappa shape index (κ2) is 9.52. The maximum atomic E-state index is 13.6. The van der Waals surface area contributed by atoms with E-state index in [1.807, 2.05) is 0 Å². The fourth-order valence-corrected chi connectivity index (χ4v) is 4.35. The summed E-state index contributed by atoms with van der Waals surface area (Å²) in [7, 11) is 0. The maximum Gasteiger partial charge on any atom is 0.490 e. The van der Waals surface area contributed by atoms with Crippen molar-refractivity contribution in [2.24, 2.45) is 5.73 Å². The zero-order valence-electron chi connectivity index (χ0n) is 19.6. The zero-order valence-corrected chi connectivity index (χ0v) is 19.6. The first-order valence-corrected chi connectivity index (χ1v) is 11.1. The summed E-state index contributed by atoms with van der Waals surface area (Å²) in [5, 5.41) is 7.75. The number of aliphatic carboxylic acids is 1. The number of carboxylic acid groups (broad SMARTS) is 1. The number of carbonyl (C=O) groups is 3. The van der Waals surface area contributed by atoms with Crippen molar-refractivity contribution in [3.8, 4) is 11.4 Å². The summed E-state index contributed by atoms with van der Waals surface area (Å²) in [5.41, 5.74) is 6.22. The molecule has 2 aromatic heterocycles. The van der Waals surface area contributed by atoms with Crippen LogP contribution in [-0.4, -0.2) is 45.3 Å². The molecule has 3 aromatic rings. The second-order valence-electron chi connectivity index (χ2n) is 8.38. The molecule has 0 fully saturated rings. The molecule has 4 heterocycles. The van der Waals surface area contributed by atoms with Crippen molar-refractivity contribution in [2.45, 2.75) is 38.3 Å². The number of hydrogen-bond donors (Lipinski definition) is 2. The van der Waals surface area contributed by atoms with Crippen molar-refractivity contribution in [3.63, 3.8) is 0 Å². The normalized spacial score (nSPS) is 17.5. The van der Waals surface area contributed by atoms with E-state index in [0.29, 0.717) is 22.3 Å². The molecule has 5 rings (SSSR count). The number of aromatic nitrogens is 2. The Labute approximate surface area is 210 Å². The highest BCUT2D eigenvalue weighted by Crippen LogP contribution is 2.40. The van der Waals surface area contributed by atoms with E-state index in [1.54, 1.807) is 25.1 Å². The van der Waals surface area contributed by atoms with Gasteiger partial charge in [-0.05, 0) is 36.8 Å². The molecule has 2 aliphatic rings. The SMILES string of the molecule is CCC1(OC(=O)CN)C(=O)OCc2c1cc1n(c2=O)Cc2cc3cc(F)ccc3nc2-1.O=C(O)C(F)(F)F. The predicted molar refractivity (Wildman–Crippen MR) is 121 cm³/mol. The van der Waals surface area contributed by atoms with Crippen LogP contribution in [0.3, 0.4) is 0 Å². The molecular weight excluding hydrogens is 518 g/mol. The largest absolute Gasteiger partial charge is 0.490 e. The van der Waals surface area contributed by atoms with E-state index in [-0.39, 0.29) is 42.1 Å². The van der Waals surface area contributed by atoms with Crippen LogP contribution in [0.2, 0.25) is 0 Å². The number of halogens is 4. The lowest BCUT2D eigenvalue weighted by atomic mass is 9.85. The number of benzene rings is 1. The summed E-state index contributed by atoms with van der Waals surface area (Å²) in [5.74, 6) is -4.65. The summed E-state index contributed by atoms with van der Waals surface area (Å²) in [6.45, 7) is 1.29. The molecular formula is C24H19F4N3O7. The number of carboxylic acids is 1. The molecule has 1 unspecified atom stereocenters. The average Bonchev–Trinajstić information content (AvgIpc) is 3.22. The summed E-state index contributed by atoms with van der Waals surface area (Å²) in [6.07, 6.45) is -5.01. The topological polar surface area (TPSA) is 151 Å². The zero-order chi connectivity index (χ0) is 28.0. The van der Waals surface area contributed by atoms with Gasteiger partial charge in [0.05, 0.1) is 35.6 Å². The molecule has 0 saturated carbocycles. The van der Waals surface area contributed by atoms with Crippen LogP contribution < -0.4 is 11.3 Å². The number of alkyl halides is 3. The van der Waals surface area contributed by atoms with Gasteiger partial charge in [-0.15, -0.1) is 0 Å². The van der Waals surface area contributed by atoms with Crippen molar-refractivity contribution < 1.29 is 46.5 Å². The lowest BCUT2D eigenvalue weighted by Gasteiger charge is -2.35. The number of nitrogens with two attached hydrogens (primary N) is 1. The molecule has 0 aliphatic carbocycles. The van der Waals surface area contributed by atoms with Gasteiger partial charge < -0.3 is 24.9 Å². The van der Waals surface area contributed by atoms with Gasteiger partial charge in [-0.3, -0.25) is 9.59 Å². The van der Waals surface area contributed by atoms with E-state index < -0.39 is 36.2 Å². The fraction of sp³-hybridized carbons (Fsp3) is 0.292. The van der Waals surface area contributed by atoms with E-state index in [1.165, 1.54) is 16.7 Å². The molecule has 0 bridgehead atoms. The minimum absolute atomic E-state index is 0.0742. The van der Waals surface area contributed by atoms with Gasteiger partial charge in [-0.1, -0.05) is 6.92 Å². The van der Waals surface area contributed by atoms with Crippen LogP contribution in [0.25, 0.3) is 22.3 Å². The van der Waals surface area contributed by atoms with Crippen molar-refractivity contribution in [3.05, 3.63) is 63.2 Å². The first-order chi connectivity index (χ1) is 17.8. The number of hydrogen-bond acceptors (Lipinski definition) is 8. The fourth-order valence-electron chi connectivity index (χ4n) is 4.35. The lowest BCUT2D eigenvalue weighted by molar-refractivity contribution is -0.192. The monoisotopic (exact) mass is 537 g/mol. The maximum absolute atomic E-state index is 13.6. The third-order valence-corrected chi connectivity index (χ3v) is 6.13. The highest BCUT2D eigenvalue weighted by atomic mass is 19.4. The number of esters is 2. The van der Waals surface area contributed by atoms with E-state index >= 15 is 0 Å². The van der Waals surface area contributed by atoms with Gasteiger partial charge in [-0.25, -0.2) is 19.0 Å². The quantitative estimate of drug-likeness (QED) is 0.296. The van der Waals surface area contributed by atoms with Crippen LogP contribution in [0.5, 0.6) is 0 Å². The van der Waals surface area contributed by atoms with Crippen molar-refractivity contribution >= 4 is 28.8 Å². The van der Waals surface area contributed by atoms with Crippen molar-refractivity contribution in [1.29, 1.82) is 0 Å². The Morgan fingerprint density at radius 3 is 2.53 bits per heavy atom. The summed E-state index contributed by atoms with van der Waals surface area (Å²) < 4.78 is 57.6. The number of ether oxygens (including phenoxy) is 2. The number of pyridine rings is 2. The Balaban J connectivity index is 0.000000426. The number of nitrogens with zero attached hydrogens (tertiary/aromatic N) is 2. The molecule has 1 aromatic carbocycles. The number of cyclic esters (lactones) is 1. The third kappa shape index (κ3) is 4.47. The van der Waals surface area contributed by atoms with Gasteiger partial charge in [0.25, 0.3) is 5.56 Å². The highest BCUT2D eigenvalue weighted by molar-refractivity contribution is 5.88. The van der Waals surface area contributed by atoms with Gasteiger partial charge in [0.15, 0.2) is 0 Å². The number of carbonyl (C=O) groups excluding carboxylic acids is 2. The summed E-state index contributed by atoms with van der Waals surface area (Å²) in [4.78, 5) is 51.6. The molecule has 2 aliphatic heterocycles. The number of fused-ring (bicyclic) bond motifs is 5. The molecule has 10 nitrogen and oxygen atoms in total. The first kappa shape index (κ1) is 26.7. The molecule has 0 spiro atoms.